The van der Waals surface area contributed by atoms with Crippen molar-refractivity contribution in [3.8, 4) is 29.6 Å². The van der Waals surface area contributed by atoms with Crippen molar-refractivity contribution in [2.24, 2.45) is 0 Å². The van der Waals surface area contributed by atoms with Crippen LogP contribution in [-0.2, 0) is 9.47 Å². The number of rotatable bonds is 9. The highest BCUT2D eigenvalue weighted by atomic mass is 16.7. The van der Waals surface area contributed by atoms with Gasteiger partial charge in [0.05, 0.1) is 23.7 Å². The maximum atomic E-state index is 12.9. The van der Waals surface area contributed by atoms with E-state index in [9.17, 15) is 14.7 Å². The number of carbonyl (C=O) groups excluding carboxylic acids is 1. The minimum Gasteiger partial charge on any atom is -0.505 e. The molecule has 9 nitrogen and oxygen atoms in total. The Labute approximate surface area is 227 Å². The van der Waals surface area contributed by atoms with E-state index in [0.29, 0.717) is 42.9 Å². The number of benzene rings is 2. The Kier molecular flexibility index (Phi) is 8.48. The third-order valence-corrected chi connectivity index (χ3v) is 6.73. The highest BCUT2D eigenvalue weighted by molar-refractivity contribution is 6.06. The van der Waals surface area contributed by atoms with E-state index in [1.54, 1.807) is 50.4 Å². The molecule has 2 atom stereocenters. The SMILES string of the molecule is C#CCCCOc1cccc(C(=O)Nc2c(O)c3ccc(OC4CCC(OC)C(C)(C)O4)c(C)c3oc2=O)c1. The predicted octanol–water partition coefficient (Wildman–Crippen LogP) is 5.16. The fraction of sp³-hybridized carbons (Fsp3) is 0.400. The summed E-state index contributed by atoms with van der Waals surface area (Å²) < 4.78 is 28.8. The molecule has 0 radical (unpaired) electrons. The maximum Gasteiger partial charge on any atom is 0.364 e. The number of aromatic hydroxyl groups is 1. The van der Waals surface area contributed by atoms with Gasteiger partial charge in [0.2, 0.25) is 6.29 Å². The minimum atomic E-state index is -0.895. The fourth-order valence-corrected chi connectivity index (χ4v) is 4.62. The number of aryl methyl sites for hydroxylation is 1. The first-order chi connectivity index (χ1) is 18.6. The van der Waals surface area contributed by atoms with Crippen LogP contribution in [-0.4, -0.2) is 42.7 Å². The van der Waals surface area contributed by atoms with Crippen molar-refractivity contribution >= 4 is 22.6 Å². The number of unbranched alkanes of at least 4 members (excludes halogenated alkanes) is 1. The Morgan fingerprint density at radius 2 is 2.05 bits per heavy atom. The molecule has 0 bridgehead atoms. The van der Waals surface area contributed by atoms with Gasteiger partial charge in [0, 0.05) is 31.1 Å². The molecule has 9 heteroatoms. The van der Waals surface area contributed by atoms with Crippen LogP contribution in [0.2, 0.25) is 0 Å². The standard InChI is InChI=1S/C30H33NO8/c1-6-7-8-16-36-20-11-9-10-19(17-20)28(33)31-25-26(32)21-12-13-22(18(2)27(21)38-29(25)34)37-24-15-14-23(35-5)30(3,4)39-24/h1,9-13,17,23-24,32H,7-8,14-16H2,2-5H3,(H,31,33). The van der Waals surface area contributed by atoms with Crippen molar-refractivity contribution in [2.75, 3.05) is 19.0 Å². The van der Waals surface area contributed by atoms with Crippen LogP contribution in [0.5, 0.6) is 17.2 Å². The number of anilines is 1. The molecule has 2 unspecified atom stereocenters. The molecule has 2 aromatic carbocycles. The van der Waals surface area contributed by atoms with Crippen molar-refractivity contribution in [1.29, 1.82) is 0 Å². The van der Waals surface area contributed by atoms with Crippen molar-refractivity contribution in [1.82, 2.24) is 0 Å². The van der Waals surface area contributed by atoms with Crippen molar-refractivity contribution in [2.45, 2.75) is 64.4 Å². The van der Waals surface area contributed by atoms with E-state index >= 15 is 0 Å². The molecule has 2 heterocycles. The Morgan fingerprint density at radius 3 is 2.77 bits per heavy atom. The summed E-state index contributed by atoms with van der Waals surface area (Å²) in [7, 11) is 1.66. The summed E-state index contributed by atoms with van der Waals surface area (Å²) in [5, 5.41) is 13.6. The Balaban J connectivity index is 1.53. The van der Waals surface area contributed by atoms with Crippen molar-refractivity contribution in [3.05, 3.63) is 57.9 Å². The van der Waals surface area contributed by atoms with Gasteiger partial charge in [-0.15, -0.1) is 12.3 Å². The van der Waals surface area contributed by atoms with E-state index in [1.807, 2.05) is 13.8 Å². The average molecular weight is 536 g/mol. The first-order valence-electron chi connectivity index (χ1n) is 12.8. The number of hydrogen-bond acceptors (Lipinski definition) is 8. The molecule has 3 aromatic rings. The molecule has 0 saturated carbocycles. The van der Waals surface area contributed by atoms with Gasteiger partial charge in [-0.2, -0.15) is 0 Å². The zero-order chi connectivity index (χ0) is 28.2. The van der Waals surface area contributed by atoms with Gasteiger partial charge < -0.3 is 33.8 Å². The maximum absolute atomic E-state index is 12.9. The van der Waals surface area contributed by atoms with Gasteiger partial charge >= 0.3 is 5.63 Å². The average Bonchev–Trinajstić information content (AvgIpc) is 2.90. The van der Waals surface area contributed by atoms with E-state index in [1.165, 1.54) is 0 Å². The molecule has 2 N–H and O–H groups in total. The monoisotopic (exact) mass is 535 g/mol. The molecular formula is C30H33NO8. The molecule has 206 valence electrons. The van der Waals surface area contributed by atoms with Crippen molar-refractivity contribution in [3.63, 3.8) is 0 Å². The summed E-state index contributed by atoms with van der Waals surface area (Å²) in [6.45, 7) is 6.02. The number of fused-ring (bicyclic) bond motifs is 1. The van der Waals surface area contributed by atoms with Crippen LogP contribution in [0.3, 0.4) is 0 Å². The number of carbonyl (C=O) groups is 1. The summed E-state index contributed by atoms with van der Waals surface area (Å²) >= 11 is 0. The van der Waals surface area contributed by atoms with Crippen LogP contribution < -0.4 is 20.4 Å². The van der Waals surface area contributed by atoms with E-state index in [0.717, 1.165) is 6.42 Å². The lowest BCUT2D eigenvalue weighted by Crippen LogP contribution is -2.49. The van der Waals surface area contributed by atoms with Crippen LogP contribution in [0.4, 0.5) is 5.69 Å². The zero-order valence-electron chi connectivity index (χ0n) is 22.5. The lowest BCUT2D eigenvalue weighted by atomic mass is 9.94. The van der Waals surface area contributed by atoms with Crippen molar-refractivity contribution < 1.29 is 33.3 Å². The lowest BCUT2D eigenvalue weighted by Gasteiger charge is -2.41. The van der Waals surface area contributed by atoms with Gasteiger partial charge in [-0.1, -0.05) is 6.07 Å². The molecule has 1 fully saturated rings. The third-order valence-electron chi connectivity index (χ3n) is 6.73. The highest BCUT2D eigenvalue weighted by Crippen LogP contribution is 2.37. The van der Waals surface area contributed by atoms with Gasteiger partial charge in [-0.05, 0) is 63.9 Å². The number of terminal acetylenes is 1. The molecule has 4 rings (SSSR count). The highest BCUT2D eigenvalue weighted by Gasteiger charge is 2.39. The van der Waals surface area contributed by atoms with Gasteiger partial charge in [-0.3, -0.25) is 4.79 Å². The minimum absolute atomic E-state index is 0.0486. The molecule has 1 aromatic heterocycles. The smallest absolute Gasteiger partial charge is 0.364 e. The van der Waals surface area contributed by atoms with Crippen LogP contribution in [0.25, 0.3) is 11.0 Å². The Morgan fingerprint density at radius 1 is 1.26 bits per heavy atom. The second kappa shape index (κ2) is 11.8. The second-order valence-electron chi connectivity index (χ2n) is 9.89. The van der Waals surface area contributed by atoms with Crippen LogP contribution >= 0.6 is 0 Å². The summed E-state index contributed by atoms with van der Waals surface area (Å²) in [4.78, 5) is 25.7. The van der Waals surface area contributed by atoms with Gasteiger partial charge in [0.1, 0.15) is 17.1 Å². The Bertz CT molecular complexity index is 1450. The van der Waals surface area contributed by atoms with E-state index < -0.39 is 29.2 Å². The Hall–Kier alpha value is -4.00. The van der Waals surface area contributed by atoms with Gasteiger partial charge in [-0.25, -0.2) is 4.79 Å². The van der Waals surface area contributed by atoms with Gasteiger partial charge in [0.25, 0.3) is 5.91 Å². The molecule has 0 aliphatic carbocycles. The quantitative estimate of drug-likeness (QED) is 0.219. The third kappa shape index (κ3) is 6.19. The predicted molar refractivity (Wildman–Crippen MR) is 146 cm³/mol. The van der Waals surface area contributed by atoms with E-state index in [2.05, 4.69) is 11.2 Å². The molecule has 1 saturated heterocycles. The summed E-state index contributed by atoms with van der Waals surface area (Å²) in [6.07, 6.45) is 7.34. The summed E-state index contributed by atoms with van der Waals surface area (Å²) in [6, 6.07) is 9.73. The topological polar surface area (TPSA) is 116 Å². The molecule has 1 amide bonds. The number of amides is 1. The second-order valence-corrected chi connectivity index (χ2v) is 9.89. The molecule has 39 heavy (non-hydrogen) atoms. The van der Waals surface area contributed by atoms with Crippen LogP contribution in [0.1, 0.15) is 55.5 Å². The zero-order valence-corrected chi connectivity index (χ0v) is 22.5. The number of ether oxygens (including phenoxy) is 4. The summed E-state index contributed by atoms with van der Waals surface area (Å²) in [5.41, 5.74) is -0.872. The van der Waals surface area contributed by atoms with Crippen LogP contribution in [0, 0.1) is 19.3 Å². The largest absolute Gasteiger partial charge is 0.505 e. The van der Waals surface area contributed by atoms with Gasteiger partial charge in [0.15, 0.2) is 11.4 Å². The number of methoxy groups -OCH3 is 1. The number of hydrogen-bond donors (Lipinski definition) is 2. The normalized spacial score (nSPS) is 18.3. The first kappa shape index (κ1) is 28.0. The molecule has 1 aliphatic heterocycles. The fourth-order valence-electron chi connectivity index (χ4n) is 4.62. The molecular weight excluding hydrogens is 502 g/mol. The van der Waals surface area contributed by atoms with Crippen LogP contribution in [0.15, 0.2) is 45.6 Å². The molecule has 1 aliphatic rings. The van der Waals surface area contributed by atoms with E-state index in [4.69, 9.17) is 29.8 Å². The first-order valence-corrected chi connectivity index (χ1v) is 12.8. The van der Waals surface area contributed by atoms with E-state index in [-0.39, 0.29) is 28.3 Å². The summed E-state index contributed by atoms with van der Waals surface area (Å²) in [5.74, 6) is 2.48. The lowest BCUT2D eigenvalue weighted by molar-refractivity contribution is -0.233. The molecule has 0 spiro atoms. The number of nitrogens with one attached hydrogen (secondary N) is 1.